The monoisotopic (exact) mass is 396 g/mol. The van der Waals surface area contributed by atoms with Crippen molar-refractivity contribution in [1.82, 2.24) is 15.5 Å². The number of para-hydroxylation sites is 2. The third kappa shape index (κ3) is 4.07. The van der Waals surface area contributed by atoms with Crippen LogP contribution < -0.4 is 15.0 Å². The van der Waals surface area contributed by atoms with Crippen molar-refractivity contribution in [1.29, 1.82) is 0 Å². The highest BCUT2D eigenvalue weighted by molar-refractivity contribution is 8.03. The number of benzene rings is 1. The van der Waals surface area contributed by atoms with E-state index < -0.39 is 6.10 Å². The van der Waals surface area contributed by atoms with E-state index in [-0.39, 0.29) is 24.1 Å². The van der Waals surface area contributed by atoms with Crippen LogP contribution in [-0.2, 0) is 9.59 Å². The molecule has 0 fully saturated rings. The molecule has 0 saturated heterocycles. The number of hydrogen-bond donors (Lipinski definition) is 1. The quantitative estimate of drug-likeness (QED) is 0.773. The third-order valence-electron chi connectivity index (χ3n) is 3.50. The van der Waals surface area contributed by atoms with E-state index in [9.17, 15) is 9.59 Å². The van der Waals surface area contributed by atoms with Crippen LogP contribution in [-0.4, -0.2) is 53.7 Å². The fraction of sp³-hybridized carbons (Fsp3) is 0.333. The Labute approximate surface area is 157 Å². The summed E-state index contributed by atoms with van der Waals surface area (Å²) in [4.78, 5) is 26.3. The number of thioether (sulfide) groups is 2. The van der Waals surface area contributed by atoms with Gasteiger partial charge in [0.2, 0.25) is 5.91 Å². The number of likely N-dealkylation sites (N-methyl/N-ethyl adjacent to an activating group) is 1. The number of fused-ring (bicyclic) bond motifs is 1. The van der Waals surface area contributed by atoms with Crippen LogP contribution in [0.15, 0.2) is 32.9 Å². The topological polar surface area (TPSA) is 84.4 Å². The van der Waals surface area contributed by atoms with Gasteiger partial charge in [-0.25, -0.2) is 0 Å². The van der Waals surface area contributed by atoms with Gasteiger partial charge < -0.3 is 15.0 Å². The lowest BCUT2D eigenvalue weighted by atomic mass is 10.2. The summed E-state index contributed by atoms with van der Waals surface area (Å²) in [5.41, 5.74) is 0.676. The summed E-state index contributed by atoms with van der Waals surface area (Å²) < 4.78 is 7.33. The molecule has 0 bridgehead atoms. The van der Waals surface area contributed by atoms with E-state index in [1.807, 2.05) is 24.5 Å². The minimum absolute atomic E-state index is 0.101. The molecule has 132 valence electrons. The standard InChI is InChI=1S/C15H16N4O3S3/c1-16-13(21)11-7-19(9-5-3-4-6-10(9)22-11)12(20)8-24-15-18-17-14(23-2)25-15/h3-6,11H,7-8H2,1-2H3,(H,16,21). The highest BCUT2D eigenvalue weighted by Crippen LogP contribution is 2.34. The fourth-order valence-corrected chi connectivity index (χ4v) is 4.62. The van der Waals surface area contributed by atoms with E-state index in [1.165, 1.54) is 34.9 Å². The lowest BCUT2D eigenvalue weighted by Gasteiger charge is -2.33. The molecule has 1 N–H and O–H groups in total. The van der Waals surface area contributed by atoms with E-state index in [0.29, 0.717) is 11.4 Å². The zero-order valence-electron chi connectivity index (χ0n) is 13.6. The number of carbonyl (C=O) groups excluding carboxylic acids is 2. The van der Waals surface area contributed by atoms with Gasteiger partial charge in [-0.1, -0.05) is 47.0 Å². The Bertz CT molecular complexity index is 783. The van der Waals surface area contributed by atoms with E-state index in [0.717, 1.165) is 8.68 Å². The molecule has 0 spiro atoms. The zero-order chi connectivity index (χ0) is 17.8. The molecule has 1 aromatic heterocycles. The number of anilines is 1. The largest absolute Gasteiger partial charge is 0.477 e. The predicted octanol–water partition coefficient (Wildman–Crippen LogP) is 1.89. The molecule has 7 nitrogen and oxygen atoms in total. The molecule has 3 rings (SSSR count). The molecule has 10 heteroatoms. The number of carbonyl (C=O) groups is 2. The smallest absolute Gasteiger partial charge is 0.262 e. The summed E-state index contributed by atoms with van der Waals surface area (Å²) >= 11 is 4.33. The number of aromatic nitrogens is 2. The van der Waals surface area contributed by atoms with Crippen molar-refractivity contribution in [2.75, 3.05) is 30.5 Å². The maximum atomic E-state index is 12.7. The maximum absolute atomic E-state index is 12.7. The normalized spacial score (nSPS) is 16.1. The van der Waals surface area contributed by atoms with E-state index in [2.05, 4.69) is 15.5 Å². The molecular formula is C15H16N4O3S3. The molecule has 2 heterocycles. The van der Waals surface area contributed by atoms with Crippen molar-refractivity contribution in [2.45, 2.75) is 14.8 Å². The Morgan fingerprint density at radius 2 is 2.12 bits per heavy atom. The summed E-state index contributed by atoms with van der Waals surface area (Å²) in [5, 5.41) is 10.6. The summed E-state index contributed by atoms with van der Waals surface area (Å²) in [7, 11) is 1.55. The minimum atomic E-state index is -0.724. The lowest BCUT2D eigenvalue weighted by molar-refractivity contribution is -0.127. The van der Waals surface area contributed by atoms with Gasteiger partial charge in [0.05, 0.1) is 18.0 Å². The Morgan fingerprint density at radius 3 is 2.84 bits per heavy atom. The molecule has 2 amide bonds. The van der Waals surface area contributed by atoms with Crippen molar-refractivity contribution in [2.24, 2.45) is 0 Å². The molecule has 1 unspecified atom stereocenters. The van der Waals surface area contributed by atoms with Crippen LogP contribution in [0.3, 0.4) is 0 Å². The van der Waals surface area contributed by atoms with Crippen LogP contribution in [0.25, 0.3) is 0 Å². The highest BCUT2D eigenvalue weighted by atomic mass is 32.2. The predicted molar refractivity (Wildman–Crippen MR) is 99.7 cm³/mol. The van der Waals surface area contributed by atoms with Crippen LogP contribution in [0, 0.1) is 0 Å². The van der Waals surface area contributed by atoms with Gasteiger partial charge in [0.15, 0.2) is 14.8 Å². The Balaban J connectivity index is 1.74. The molecule has 0 aliphatic carbocycles. The summed E-state index contributed by atoms with van der Waals surface area (Å²) in [6.07, 6.45) is 1.21. The Hall–Kier alpha value is -1.78. The van der Waals surface area contributed by atoms with Crippen molar-refractivity contribution in [3.05, 3.63) is 24.3 Å². The third-order valence-corrected chi connectivity index (χ3v) is 6.51. The van der Waals surface area contributed by atoms with E-state index >= 15 is 0 Å². The van der Waals surface area contributed by atoms with Crippen LogP contribution >= 0.6 is 34.9 Å². The zero-order valence-corrected chi connectivity index (χ0v) is 16.0. The van der Waals surface area contributed by atoms with Gasteiger partial charge >= 0.3 is 0 Å². The van der Waals surface area contributed by atoms with Crippen LogP contribution in [0.1, 0.15) is 0 Å². The van der Waals surface area contributed by atoms with E-state index in [4.69, 9.17) is 4.74 Å². The van der Waals surface area contributed by atoms with Crippen molar-refractivity contribution in [3.63, 3.8) is 0 Å². The SMILES string of the molecule is CNC(=O)C1CN(C(=O)CSc2nnc(SC)s2)c2ccccc2O1. The van der Waals surface area contributed by atoms with Crippen LogP contribution in [0.2, 0.25) is 0 Å². The van der Waals surface area contributed by atoms with Gasteiger partial charge in [-0.3, -0.25) is 9.59 Å². The number of nitrogens with one attached hydrogen (secondary N) is 1. The molecule has 1 aromatic carbocycles. The van der Waals surface area contributed by atoms with Gasteiger partial charge in [0.1, 0.15) is 5.75 Å². The fourth-order valence-electron chi connectivity index (χ4n) is 2.31. The molecule has 25 heavy (non-hydrogen) atoms. The molecular weight excluding hydrogens is 380 g/mol. The molecule has 1 atom stereocenters. The molecule has 1 aliphatic rings. The van der Waals surface area contributed by atoms with Gasteiger partial charge in [-0.2, -0.15) is 0 Å². The van der Waals surface area contributed by atoms with E-state index in [1.54, 1.807) is 18.0 Å². The summed E-state index contributed by atoms with van der Waals surface area (Å²) in [6.45, 7) is 0.183. The average molecular weight is 397 g/mol. The number of rotatable bonds is 5. The first kappa shape index (κ1) is 18.0. The molecule has 0 saturated carbocycles. The number of amides is 2. The van der Waals surface area contributed by atoms with Crippen LogP contribution in [0.4, 0.5) is 5.69 Å². The molecule has 2 aromatic rings. The molecule has 0 radical (unpaired) electrons. The lowest BCUT2D eigenvalue weighted by Crippen LogP contribution is -2.50. The van der Waals surface area contributed by atoms with Crippen LogP contribution in [0.5, 0.6) is 5.75 Å². The number of hydrogen-bond acceptors (Lipinski definition) is 8. The molecule has 1 aliphatic heterocycles. The Kier molecular flexibility index (Phi) is 5.82. The number of nitrogens with zero attached hydrogens (tertiary/aromatic N) is 3. The van der Waals surface area contributed by atoms with Gasteiger partial charge in [0.25, 0.3) is 5.91 Å². The van der Waals surface area contributed by atoms with Gasteiger partial charge in [0, 0.05) is 7.05 Å². The van der Waals surface area contributed by atoms with Gasteiger partial charge in [-0.15, -0.1) is 10.2 Å². The Morgan fingerprint density at radius 1 is 1.36 bits per heavy atom. The first-order valence-electron chi connectivity index (χ1n) is 7.40. The first-order valence-corrected chi connectivity index (χ1v) is 10.4. The second kappa shape index (κ2) is 8.07. The van der Waals surface area contributed by atoms with Crippen molar-refractivity contribution in [3.8, 4) is 5.75 Å². The van der Waals surface area contributed by atoms with Crippen molar-refractivity contribution < 1.29 is 14.3 Å². The highest BCUT2D eigenvalue weighted by Gasteiger charge is 2.33. The van der Waals surface area contributed by atoms with Crippen molar-refractivity contribution >= 4 is 52.4 Å². The second-order valence-corrected chi connectivity index (χ2v) is 8.27. The minimum Gasteiger partial charge on any atom is -0.477 e. The van der Waals surface area contributed by atoms with Gasteiger partial charge in [-0.05, 0) is 18.4 Å². The second-order valence-electron chi connectivity index (χ2n) is 5.02. The summed E-state index contributed by atoms with van der Waals surface area (Å²) in [6, 6.07) is 7.22. The first-order chi connectivity index (χ1) is 12.1. The maximum Gasteiger partial charge on any atom is 0.262 e. The average Bonchev–Trinajstić information content (AvgIpc) is 3.12. The summed E-state index contributed by atoms with van der Waals surface area (Å²) in [5.74, 6) is 0.392. The number of ether oxygens (including phenoxy) is 1.